The second-order valence-electron chi connectivity index (χ2n) is 5.74. The van der Waals surface area contributed by atoms with E-state index < -0.39 is 28.3 Å². The third-order valence-electron chi connectivity index (χ3n) is 3.69. The van der Waals surface area contributed by atoms with Crippen LogP contribution < -0.4 is 10.2 Å². The molecule has 9 heteroatoms. The smallest absolute Gasteiger partial charge is 0.255 e. The SMILES string of the molecule is COc1ccc(S(=O)(=O)N(C)CC(=O)N/N=C/c2cccc(F)c2)cc1C. The number of nitrogens with zero attached hydrogens (tertiary/aromatic N) is 2. The maximum absolute atomic E-state index is 13.1. The lowest BCUT2D eigenvalue weighted by Gasteiger charge is -2.17. The number of benzene rings is 2. The topological polar surface area (TPSA) is 88.1 Å². The van der Waals surface area contributed by atoms with E-state index in [1.54, 1.807) is 19.1 Å². The molecule has 1 amide bonds. The zero-order valence-corrected chi connectivity index (χ0v) is 16.0. The molecule has 0 aromatic heterocycles. The molecule has 0 radical (unpaired) electrons. The molecule has 0 bridgehead atoms. The Morgan fingerprint density at radius 2 is 2.04 bits per heavy atom. The molecule has 2 aromatic carbocycles. The molecular formula is C18H20FN3O4S. The van der Waals surface area contributed by atoms with Crippen LogP contribution in [0.25, 0.3) is 0 Å². The summed E-state index contributed by atoms with van der Waals surface area (Å²) in [5.74, 6) is -0.481. The Morgan fingerprint density at radius 1 is 1.30 bits per heavy atom. The number of ether oxygens (including phenoxy) is 1. The number of aryl methyl sites for hydroxylation is 1. The standard InChI is InChI=1S/C18H20FN3O4S/c1-13-9-16(7-8-17(13)26-3)27(24,25)22(2)12-18(23)21-20-11-14-5-4-6-15(19)10-14/h4-11H,12H2,1-3H3,(H,21,23)/b20-11+. The highest BCUT2D eigenvalue weighted by Crippen LogP contribution is 2.23. The van der Waals surface area contributed by atoms with E-state index in [9.17, 15) is 17.6 Å². The quantitative estimate of drug-likeness (QED) is 0.575. The summed E-state index contributed by atoms with van der Waals surface area (Å²) < 4.78 is 44.2. The molecule has 0 spiro atoms. The summed E-state index contributed by atoms with van der Waals surface area (Å²) in [5, 5.41) is 3.70. The Bertz CT molecular complexity index is 961. The number of carbonyl (C=O) groups excluding carboxylic acids is 1. The molecular weight excluding hydrogens is 373 g/mol. The highest BCUT2D eigenvalue weighted by molar-refractivity contribution is 7.89. The molecule has 0 aliphatic carbocycles. The van der Waals surface area contributed by atoms with E-state index in [1.165, 1.54) is 50.7 Å². The maximum atomic E-state index is 13.1. The fraction of sp³-hybridized carbons (Fsp3) is 0.222. The van der Waals surface area contributed by atoms with Crippen LogP contribution in [0.2, 0.25) is 0 Å². The highest BCUT2D eigenvalue weighted by atomic mass is 32.2. The lowest BCUT2D eigenvalue weighted by Crippen LogP contribution is -2.36. The second-order valence-corrected chi connectivity index (χ2v) is 7.79. The summed E-state index contributed by atoms with van der Waals surface area (Å²) in [5.41, 5.74) is 3.34. The molecule has 0 heterocycles. The van der Waals surface area contributed by atoms with Crippen molar-refractivity contribution in [2.24, 2.45) is 5.10 Å². The van der Waals surface area contributed by atoms with Crippen LogP contribution in [-0.2, 0) is 14.8 Å². The molecule has 0 fully saturated rings. The number of hydrazone groups is 1. The first-order chi connectivity index (χ1) is 12.7. The summed E-state index contributed by atoms with van der Waals surface area (Å²) in [6.07, 6.45) is 1.27. The van der Waals surface area contributed by atoms with Crippen LogP contribution in [0.5, 0.6) is 5.75 Å². The summed E-state index contributed by atoms with van der Waals surface area (Å²) >= 11 is 0. The highest BCUT2D eigenvalue weighted by Gasteiger charge is 2.23. The monoisotopic (exact) mass is 393 g/mol. The predicted molar refractivity (Wildman–Crippen MR) is 99.7 cm³/mol. The first-order valence-corrected chi connectivity index (χ1v) is 9.36. The third kappa shape index (κ3) is 5.35. The van der Waals surface area contributed by atoms with Crippen molar-refractivity contribution in [1.82, 2.24) is 9.73 Å². The Kier molecular flexibility index (Phi) is 6.65. The molecule has 144 valence electrons. The Hall–Kier alpha value is -2.78. The van der Waals surface area contributed by atoms with Crippen molar-refractivity contribution in [3.8, 4) is 5.75 Å². The van der Waals surface area contributed by atoms with E-state index in [4.69, 9.17) is 4.74 Å². The van der Waals surface area contributed by atoms with E-state index in [1.807, 2.05) is 0 Å². The van der Waals surface area contributed by atoms with Gasteiger partial charge in [0.05, 0.1) is 24.8 Å². The molecule has 0 aliphatic rings. The minimum Gasteiger partial charge on any atom is -0.496 e. The minimum absolute atomic E-state index is 0.0550. The number of methoxy groups -OCH3 is 1. The number of rotatable bonds is 7. The average Bonchev–Trinajstić information content (AvgIpc) is 2.61. The van der Waals surface area contributed by atoms with E-state index in [0.717, 1.165) is 4.31 Å². The molecule has 1 N–H and O–H groups in total. The molecule has 7 nitrogen and oxygen atoms in total. The van der Waals surface area contributed by atoms with Crippen LogP contribution in [0.15, 0.2) is 52.5 Å². The van der Waals surface area contributed by atoms with Crippen molar-refractivity contribution in [2.75, 3.05) is 20.7 Å². The third-order valence-corrected chi connectivity index (χ3v) is 5.49. The second kappa shape index (κ2) is 8.74. The first kappa shape index (κ1) is 20.5. The van der Waals surface area contributed by atoms with Gasteiger partial charge in [-0.3, -0.25) is 4.79 Å². The van der Waals surface area contributed by atoms with Gasteiger partial charge in [-0.1, -0.05) is 12.1 Å². The van der Waals surface area contributed by atoms with Gasteiger partial charge in [-0.05, 0) is 48.4 Å². The Balaban J connectivity index is 2.01. The fourth-order valence-corrected chi connectivity index (χ4v) is 3.49. The summed E-state index contributed by atoms with van der Waals surface area (Å²) in [7, 11) is -1.06. The van der Waals surface area contributed by atoms with Gasteiger partial charge in [0.2, 0.25) is 10.0 Å². The largest absolute Gasteiger partial charge is 0.496 e. The van der Waals surface area contributed by atoms with Crippen molar-refractivity contribution in [1.29, 1.82) is 0 Å². The molecule has 2 rings (SSSR count). The fourth-order valence-electron chi connectivity index (χ4n) is 2.28. The van der Waals surface area contributed by atoms with Crippen molar-refractivity contribution in [2.45, 2.75) is 11.8 Å². The number of likely N-dealkylation sites (N-methyl/N-ethyl adjacent to an activating group) is 1. The van der Waals surface area contributed by atoms with E-state index in [-0.39, 0.29) is 4.90 Å². The number of amides is 1. The van der Waals surface area contributed by atoms with Gasteiger partial charge in [-0.15, -0.1) is 0 Å². The van der Waals surface area contributed by atoms with E-state index in [2.05, 4.69) is 10.5 Å². The Labute approximate surface area is 157 Å². The zero-order chi connectivity index (χ0) is 20.0. The van der Waals surface area contributed by atoms with Crippen molar-refractivity contribution in [3.05, 3.63) is 59.4 Å². The maximum Gasteiger partial charge on any atom is 0.255 e. The lowest BCUT2D eigenvalue weighted by molar-refractivity contribution is -0.121. The normalized spacial score (nSPS) is 11.7. The molecule has 0 saturated heterocycles. The summed E-state index contributed by atoms with van der Waals surface area (Å²) in [6.45, 7) is 1.31. The Morgan fingerprint density at radius 3 is 2.67 bits per heavy atom. The number of halogens is 1. The van der Waals surface area contributed by atoms with Crippen molar-refractivity contribution in [3.63, 3.8) is 0 Å². The van der Waals surface area contributed by atoms with Gasteiger partial charge in [0.1, 0.15) is 11.6 Å². The van der Waals surface area contributed by atoms with Crippen LogP contribution in [0, 0.1) is 12.7 Å². The van der Waals surface area contributed by atoms with Gasteiger partial charge in [-0.2, -0.15) is 9.41 Å². The molecule has 2 aromatic rings. The van der Waals surface area contributed by atoms with Gasteiger partial charge in [0.15, 0.2) is 0 Å². The van der Waals surface area contributed by atoms with E-state index in [0.29, 0.717) is 16.9 Å². The van der Waals surface area contributed by atoms with Crippen LogP contribution in [0.1, 0.15) is 11.1 Å². The summed E-state index contributed by atoms with van der Waals surface area (Å²) in [4.78, 5) is 12.0. The number of nitrogens with one attached hydrogen (secondary N) is 1. The van der Waals surface area contributed by atoms with Gasteiger partial charge in [0.25, 0.3) is 5.91 Å². The predicted octanol–water partition coefficient (Wildman–Crippen LogP) is 1.91. The molecule has 0 atom stereocenters. The van der Waals surface area contributed by atoms with Crippen molar-refractivity contribution < 1.29 is 22.3 Å². The van der Waals surface area contributed by atoms with Gasteiger partial charge in [-0.25, -0.2) is 18.2 Å². The number of sulfonamides is 1. The van der Waals surface area contributed by atoms with Crippen LogP contribution in [0.3, 0.4) is 0 Å². The summed E-state index contributed by atoms with van der Waals surface area (Å²) in [6, 6.07) is 10.1. The number of carbonyl (C=O) groups is 1. The van der Waals surface area contributed by atoms with Crippen LogP contribution in [0.4, 0.5) is 4.39 Å². The lowest BCUT2D eigenvalue weighted by atomic mass is 10.2. The molecule has 0 unspecified atom stereocenters. The van der Waals surface area contributed by atoms with Gasteiger partial charge < -0.3 is 4.74 Å². The molecule has 0 saturated carbocycles. The number of hydrogen-bond donors (Lipinski definition) is 1. The van der Waals surface area contributed by atoms with Crippen LogP contribution in [-0.4, -0.2) is 45.5 Å². The first-order valence-electron chi connectivity index (χ1n) is 7.92. The zero-order valence-electron chi connectivity index (χ0n) is 15.1. The minimum atomic E-state index is -3.85. The van der Waals surface area contributed by atoms with E-state index >= 15 is 0 Å². The van der Waals surface area contributed by atoms with Crippen molar-refractivity contribution >= 4 is 22.1 Å². The molecule has 0 aliphatic heterocycles. The number of hydrogen-bond acceptors (Lipinski definition) is 5. The average molecular weight is 393 g/mol. The van der Waals surface area contributed by atoms with Gasteiger partial charge >= 0.3 is 0 Å². The van der Waals surface area contributed by atoms with Gasteiger partial charge in [0, 0.05) is 7.05 Å². The molecule has 27 heavy (non-hydrogen) atoms. The van der Waals surface area contributed by atoms with Crippen LogP contribution >= 0.6 is 0 Å².